The van der Waals surface area contributed by atoms with Gasteiger partial charge >= 0.3 is 0 Å². The Morgan fingerprint density at radius 1 is 0.964 bits per heavy atom. The minimum atomic E-state index is -0.470. The van der Waals surface area contributed by atoms with Gasteiger partial charge in [-0.3, -0.25) is 4.79 Å². The van der Waals surface area contributed by atoms with Crippen LogP contribution in [0, 0.1) is 10.8 Å². The van der Waals surface area contributed by atoms with E-state index in [0.29, 0.717) is 5.75 Å². The minimum Gasteiger partial charge on any atom is -0.484 e. The molecule has 1 fully saturated rings. The Morgan fingerprint density at radius 3 is 2.18 bits per heavy atom. The standard InChI is InChI=1S/C25H31NO2/c1-24(2)16-8-11-21(25(24,3)4)23(18-9-6-5-7-10-18)19-12-14-20(15-13-19)28-17-22(26)27/h5-7,9-10,12-15H,8,11,16-17H2,1-4H3,(H2,26,27). The topological polar surface area (TPSA) is 52.3 Å². The fourth-order valence-corrected chi connectivity index (χ4v) is 4.17. The van der Waals surface area contributed by atoms with E-state index in [1.807, 2.05) is 12.1 Å². The molecule has 28 heavy (non-hydrogen) atoms. The molecular formula is C25H31NO2. The summed E-state index contributed by atoms with van der Waals surface area (Å²) in [6.45, 7) is 9.43. The summed E-state index contributed by atoms with van der Waals surface area (Å²) in [5.41, 5.74) is 10.8. The molecule has 1 aliphatic rings. The smallest absolute Gasteiger partial charge is 0.255 e. The second-order valence-corrected chi connectivity index (χ2v) is 8.86. The van der Waals surface area contributed by atoms with Crippen LogP contribution >= 0.6 is 0 Å². The zero-order valence-electron chi connectivity index (χ0n) is 17.4. The lowest BCUT2D eigenvalue weighted by atomic mass is 9.56. The number of ether oxygens (including phenoxy) is 1. The summed E-state index contributed by atoms with van der Waals surface area (Å²) in [6, 6.07) is 18.7. The second kappa shape index (κ2) is 7.83. The number of hydrogen-bond donors (Lipinski definition) is 1. The summed E-state index contributed by atoms with van der Waals surface area (Å²) >= 11 is 0. The van der Waals surface area contributed by atoms with E-state index in [2.05, 4.69) is 70.2 Å². The number of allylic oxidation sites excluding steroid dienone is 1. The van der Waals surface area contributed by atoms with Gasteiger partial charge in [-0.2, -0.15) is 0 Å². The highest BCUT2D eigenvalue weighted by Gasteiger charge is 2.43. The highest BCUT2D eigenvalue weighted by molar-refractivity contribution is 5.83. The van der Waals surface area contributed by atoms with Gasteiger partial charge in [-0.15, -0.1) is 0 Å². The van der Waals surface area contributed by atoms with Crippen molar-refractivity contribution >= 4 is 11.5 Å². The van der Waals surface area contributed by atoms with Gasteiger partial charge in [0.15, 0.2) is 6.61 Å². The van der Waals surface area contributed by atoms with E-state index in [1.165, 1.54) is 35.1 Å². The van der Waals surface area contributed by atoms with Gasteiger partial charge in [-0.25, -0.2) is 0 Å². The lowest BCUT2D eigenvalue weighted by Gasteiger charge is -2.49. The molecule has 0 atom stereocenters. The van der Waals surface area contributed by atoms with Gasteiger partial charge in [0.05, 0.1) is 0 Å². The monoisotopic (exact) mass is 377 g/mol. The average molecular weight is 378 g/mol. The molecule has 2 N–H and O–H groups in total. The van der Waals surface area contributed by atoms with E-state index < -0.39 is 5.91 Å². The summed E-state index contributed by atoms with van der Waals surface area (Å²) in [5.74, 6) is 0.186. The van der Waals surface area contributed by atoms with Crippen LogP contribution in [0.1, 0.15) is 58.1 Å². The summed E-state index contributed by atoms with van der Waals surface area (Å²) in [5, 5.41) is 0. The molecule has 0 aromatic heterocycles. The molecule has 0 bridgehead atoms. The maximum atomic E-state index is 11.0. The Labute approximate surface area is 168 Å². The van der Waals surface area contributed by atoms with Crippen molar-refractivity contribution in [3.63, 3.8) is 0 Å². The van der Waals surface area contributed by atoms with Gasteiger partial charge in [0, 0.05) is 0 Å². The average Bonchev–Trinajstić information content (AvgIpc) is 2.66. The number of nitrogens with two attached hydrogens (primary N) is 1. The van der Waals surface area contributed by atoms with Gasteiger partial charge in [-0.05, 0) is 58.9 Å². The highest BCUT2D eigenvalue weighted by atomic mass is 16.5. The second-order valence-electron chi connectivity index (χ2n) is 8.86. The van der Waals surface area contributed by atoms with Crippen molar-refractivity contribution in [1.82, 2.24) is 0 Å². The largest absolute Gasteiger partial charge is 0.484 e. The van der Waals surface area contributed by atoms with Crippen LogP contribution in [-0.2, 0) is 4.79 Å². The molecular weight excluding hydrogens is 346 g/mol. The molecule has 1 aliphatic carbocycles. The van der Waals surface area contributed by atoms with Crippen LogP contribution in [0.2, 0.25) is 0 Å². The molecule has 3 rings (SSSR count). The first-order valence-electron chi connectivity index (χ1n) is 10.0. The first kappa shape index (κ1) is 20.2. The molecule has 2 aromatic rings. The number of carbonyl (C=O) groups is 1. The number of hydrogen-bond acceptors (Lipinski definition) is 2. The van der Waals surface area contributed by atoms with Gasteiger partial charge in [0.25, 0.3) is 5.91 Å². The van der Waals surface area contributed by atoms with Crippen molar-refractivity contribution in [2.45, 2.75) is 47.0 Å². The van der Waals surface area contributed by atoms with Crippen molar-refractivity contribution in [2.24, 2.45) is 16.6 Å². The van der Waals surface area contributed by atoms with Crippen LogP contribution in [0.25, 0.3) is 5.57 Å². The summed E-state index contributed by atoms with van der Waals surface area (Å²) in [4.78, 5) is 11.0. The Kier molecular flexibility index (Phi) is 5.64. The fraction of sp³-hybridized carbons (Fsp3) is 0.400. The van der Waals surface area contributed by atoms with Crippen LogP contribution in [0.3, 0.4) is 0 Å². The first-order chi connectivity index (χ1) is 13.2. The van der Waals surface area contributed by atoms with Crippen molar-refractivity contribution < 1.29 is 9.53 Å². The van der Waals surface area contributed by atoms with Crippen molar-refractivity contribution in [3.8, 4) is 5.75 Å². The zero-order chi connectivity index (χ0) is 20.4. The van der Waals surface area contributed by atoms with Crippen LogP contribution in [0.4, 0.5) is 0 Å². The molecule has 1 saturated carbocycles. The molecule has 1 amide bonds. The number of benzene rings is 2. The molecule has 0 spiro atoms. The maximum absolute atomic E-state index is 11.0. The molecule has 0 radical (unpaired) electrons. The third-order valence-corrected chi connectivity index (χ3v) is 6.56. The van der Waals surface area contributed by atoms with E-state index in [1.54, 1.807) is 0 Å². The molecule has 0 aliphatic heterocycles. The van der Waals surface area contributed by atoms with Gasteiger partial charge in [0.1, 0.15) is 5.75 Å². The van der Waals surface area contributed by atoms with Crippen LogP contribution < -0.4 is 10.5 Å². The molecule has 3 heteroatoms. The molecule has 0 unspecified atom stereocenters. The number of carbonyl (C=O) groups excluding carboxylic acids is 1. The summed E-state index contributed by atoms with van der Waals surface area (Å²) in [7, 11) is 0. The van der Waals surface area contributed by atoms with Crippen LogP contribution in [0.5, 0.6) is 5.75 Å². The van der Waals surface area contributed by atoms with Crippen LogP contribution in [-0.4, -0.2) is 12.5 Å². The SMILES string of the molecule is CC1(C)CCCC(=C(c2ccccc2)c2ccc(OCC(N)=O)cc2)C1(C)C. The van der Waals surface area contributed by atoms with Gasteiger partial charge in [-0.1, -0.05) is 75.7 Å². The third kappa shape index (κ3) is 3.99. The Bertz CT molecular complexity index is 861. The normalized spacial score (nSPS) is 19.7. The van der Waals surface area contributed by atoms with E-state index in [4.69, 9.17) is 10.5 Å². The van der Waals surface area contributed by atoms with Crippen molar-refractivity contribution in [1.29, 1.82) is 0 Å². The van der Waals surface area contributed by atoms with E-state index >= 15 is 0 Å². The highest BCUT2D eigenvalue weighted by Crippen LogP contribution is 2.55. The number of amides is 1. The lowest BCUT2D eigenvalue weighted by Crippen LogP contribution is -2.38. The molecule has 3 nitrogen and oxygen atoms in total. The van der Waals surface area contributed by atoms with Crippen molar-refractivity contribution in [3.05, 3.63) is 71.3 Å². The fourth-order valence-electron chi connectivity index (χ4n) is 4.17. The summed E-state index contributed by atoms with van der Waals surface area (Å²) in [6.07, 6.45) is 3.56. The van der Waals surface area contributed by atoms with Gasteiger partial charge < -0.3 is 10.5 Å². The van der Waals surface area contributed by atoms with E-state index in [0.717, 1.165) is 6.42 Å². The zero-order valence-corrected chi connectivity index (χ0v) is 17.4. The van der Waals surface area contributed by atoms with E-state index in [9.17, 15) is 4.79 Å². The van der Waals surface area contributed by atoms with E-state index in [-0.39, 0.29) is 17.4 Å². The Hall–Kier alpha value is -2.55. The predicted molar refractivity (Wildman–Crippen MR) is 115 cm³/mol. The number of primary amides is 1. The number of rotatable bonds is 5. The van der Waals surface area contributed by atoms with Crippen LogP contribution in [0.15, 0.2) is 60.2 Å². The molecule has 0 saturated heterocycles. The Balaban J connectivity index is 2.10. The molecule has 2 aromatic carbocycles. The Morgan fingerprint density at radius 2 is 1.57 bits per heavy atom. The quantitative estimate of drug-likeness (QED) is 0.738. The lowest BCUT2D eigenvalue weighted by molar-refractivity contribution is -0.119. The van der Waals surface area contributed by atoms with Gasteiger partial charge in [0.2, 0.25) is 0 Å². The van der Waals surface area contributed by atoms with Crippen molar-refractivity contribution in [2.75, 3.05) is 6.61 Å². The predicted octanol–water partition coefficient (Wildman–Crippen LogP) is 5.59. The third-order valence-electron chi connectivity index (χ3n) is 6.56. The maximum Gasteiger partial charge on any atom is 0.255 e. The first-order valence-corrected chi connectivity index (χ1v) is 10.0. The summed E-state index contributed by atoms with van der Waals surface area (Å²) < 4.78 is 5.44. The molecule has 0 heterocycles. The molecule has 148 valence electrons. The minimum absolute atomic E-state index is 0.0948.